The fraction of sp³-hybridized carbons (Fsp3) is 0.565. The van der Waals surface area contributed by atoms with Gasteiger partial charge in [-0.2, -0.15) is 5.26 Å². The van der Waals surface area contributed by atoms with E-state index in [1.54, 1.807) is 0 Å². The number of amides is 1. The average Bonchev–Trinajstić information content (AvgIpc) is 3.12. The zero-order valence-electron chi connectivity index (χ0n) is 19.0. The summed E-state index contributed by atoms with van der Waals surface area (Å²) in [5.74, 6) is 0.877. The second-order valence-electron chi connectivity index (χ2n) is 8.52. The molecule has 0 unspecified atom stereocenters. The van der Waals surface area contributed by atoms with Crippen molar-refractivity contribution in [2.24, 2.45) is 0 Å². The average molecular weight is 426 g/mol. The Hall–Kier alpha value is -2.92. The van der Waals surface area contributed by atoms with Gasteiger partial charge in [-0.15, -0.1) is 10.2 Å². The maximum Gasteiger partial charge on any atom is 0.410 e. The van der Waals surface area contributed by atoms with E-state index in [1.165, 1.54) is 16.7 Å². The Bertz CT molecular complexity index is 963. The molecule has 0 spiro atoms. The number of carbonyl (C=O) groups is 1. The summed E-state index contributed by atoms with van der Waals surface area (Å²) in [6.07, 6.45) is 0.330. The quantitative estimate of drug-likeness (QED) is 0.700. The first-order chi connectivity index (χ1) is 14.8. The zero-order chi connectivity index (χ0) is 22.5. The second-order valence-corrected chi connectivity index (χ2v) is 8.52. The minimum atomic E-state index is -0.230. The lowest BCUT2D eigenvalue weighted by Gasteiger charge is -2.39. The molecule has 1 atom stereocenters. The van der Waals surface area contributed by atoms with Gasteiger partial charge in [0.1, 0.15) is 6.42 Å². The smallest absolute Gasteiger partial charge is 0.410 e. The van der Waals surface area contributed by atoms with E-state index < -0.39 is 0 Å². The van der Waals surface area contributed by atoms with Gasteiger partial charge in [0.15, 0.2) is 0 Å². The summed E-state index contributed by atoms with van der Waals surface area (Å²) in [6, 6.07) is 6.49. The molecule has 1 fully saturated rings. The van der Waals surface area contributed by atoms with Crippen molar-refractivity contribution < 1.29 is 13.9 Å². The molecule has 1 aromatic carbocycles. The van der Waals surface area contributed by atoms with Crippen molar-refractivity contribution in [2.75, 3.05) is 19.6 Å². The number of aryl methyl sites for hydroxylation is 1. The molecule has 2 heterocycles. The van der Waals surface area contributed by atoms with Crippen LogP contribution in [0.5, 0.6) is 0 Å². The Morgan fingerprint density at radius 1 is 1.26 bits per heavy atom. The minimum Gasteiger partial charge on any atom is -0.447 e. The minimum absolute atomic E-state index is 0.0986. The van der Waals surface area contributed by atoms with Gasteiger partial charge in [0, 0.05) is 32.2 Å². The number of nitrogens with zero attached hydrogens (tertiary/aromatic N) is 5. The summed E-state index contributed by atoms with van der Waals surface area (Å²) in [4.78, 5) is 16.5. The van der Waals surface area contributed by atoms with Crippen molar-refractivity contribution in [2.45, 2.75) is 66.2 Å². The van der Waals surface area contributed by atoms with Gasteiger partial charge in [0.25, 0.3) is 0 Å². The number of rotatable bonds is 6. The van der Waals surface area contributed by atoms with E-state index in [-0.39, 0.29) is 24.7 Å². The molecule has 3 rings (SSSR count). The van der Waals surface area contributed by atoms with Crippen LogP contribution in [0.25, 0.3) is 0 Å². The van der Waals surface area contributed by atoms with E-state index in [0.717, 1.165) is 25.2 Å². The van der Waals surface area contributed by atoms with Crippen molar-refractivity contribution in [3.63, 3.8) is 0 Å². The molecule has 0 radical (unpaired) electrons. The van der Waals surface area contributed by atoms with E-state index in [9.17, 15) is 4.79 Å². The van der Waals surface area contributed by atoms with Crippen LogP contribution < -0.4 is 0 Å². The van der Waals surface area contributed by atoms with Gasteiger partial charge in [-0.3, -0.25) is 4.90 Å². The van der Waals surface area contributed by atoms with Crippen LogP contribution in [0, 0.1) is 25.2 Å². The summed E-state index contributed by atoms with van der Waals surface area (Å²) in [5, 5.41) is 16.8. The van der Waals surface area contributed by atoms with Crippen LogP contribution in [-0.4, -0.2) is 57.9 Å². The molecule has 1 aliphatic rings. The van der Waals surface area contributed by atoms with Crippen molar-refractivity contribution in [1.29, 1.82) is 5.26 Å². The number of nitriles is 1. The predicted molar refractivity (Wildman–Crippen MR) is 115 cm³/mol. The second kappa shape index (κ2) is 9.92. The summed E-state index contributed by atoms with van der Waals surface area (Å²) in [6.45, 7) is 13.1. The molecule has 8 heteroatoms. The van der Waals surface area contributed by atoms with Crippen LogP contribution in [0.15, 0.2) is 16.5 Å². The SMILES string of the molecule is Cc1cc(Cc2nnc(CC#N)o2)c(C)c(CN2CCN(C(=O)OC(C)C)[C@@H](C)C2)c1. The molecule has 0 aliphatic carbocycles. The Balaban J connectivity index is 1.68. The highest BCUT2D eigenvalue weighted by Gasteiger charge is 2.29. The summed E-state index contributed by atoms with van der Waals surface area (Å²) in [7, 11) is 0. The Labute approximate surface area is 183 Å². The monoisotopic (exact) mass is 425 g/mol. The number of hydrogen-bond donors (Lipinski definition) is 0. The van der Waals surface area contributed by atoms with E-state index in [2.05, 4.69) is 48.0 Å². The summed E-state index contributed by atoms with van der Waals surface area (Å²) < 4.78 is 11.0. The lowest BCUT2D eigenvalue weighted by atomic mass is 9.96. The maximum absolute atomic E-state index is 12.3. The van der Waals surface area contributed by atoms with E-state index >= 15 is 0 Å². The van der Waals surface area contributed by atoms with Gasteiger partial charge in [-0.25, -0.2) is 4.79 Å². The lowest BCUT2D eigenvalue weighted by Crippen LogP contribution is -2.54. The number of ether oxygens (including phenoxy) is 1. The summed E-state index contributed by atoms with van der Waals surface area (Å²) >= 11 is 0. The fourth-order valence-electron chi connectivity index (χ4n) is 3.98. The number of hydrogen-bond acceptors (Lipinski definition) is 7. The standard InChI is InChI=1S/C23H31N5O3/c1-15(2)30-23(29)28-9-8-27(13-17(28)4)14-20-11-16(3)10-19(18(20)5)12-22-26-25-21(31-22)6-7-24/h10-11,15,17H,6,8-9,12-14H2,1-5H3/t17-/m0/s1. The van der Waals surface area contributed by atoms with Gasteiger partial charge >= 0.3 is 6.09 Å². The maximum atomic E-state index is 12.3. The molecule has 31 heavy (non-hydrogen) atoms. The van der Waals surface area contributed by atoms with Crippen LogP contribution >= 0.6 is 0 Å². The predicted octanol–water partition coefficient (Wildman–Crippen LogP) is 3.39. The first-order valence-electron chi connectivity index (χ1n) is 10.7. The molecular formula is C23H31N5O3. The molecule has 8 nitrogen and oxygen atoms in total. The first-order valence-corrected chi connectivity index (χ1v) is 10.7. The fourth-order valence-corrected chi connectivity index (χ4v) is 3.98. The van der Waals surface area contributed by atoms with Crippen LogP contribution in [-0.2, 0) is 24.1 Å². The van der Waals surface area contributed by atoms with E-state index in [1.807, 2.05) is 24.8 Å². The third kappa shape index (κ3) is 5.82. The molecule has 1 aromatic heterocycles. The van der Waals surface area contributed by atoms with Crippen molar-refractivity contribution in [3.8, 4) is 6.07 Å². The molecule has 2 aromatic rings. The highest BCUT2D eigenvalue weighted by Crippen LogP contribution is 2.23. The van der Waals surface area contributed by atoms with E-state index in [4.69, 9.17) is 14.4 Å². The number of piperazine rings is 1. The molecule has 1 amide bonds. The van der Waals surface area contributed by atoms with Gasteiger partial charge in [0.05, 0.1) is 18.6 Å². The largest absolute Gasteiger partial charge is 0.447 e. The molecular weight excluding hydrogens is 394 g/mol. The Morgan fingerprint density at radius 2 is 1.97 bits per heavy atom. The van der Waals surface area contributed by atoms with Crippen molar-refractivity contribution >= 4 is 6.09 Å². The van der Waals surface area contributed by atoms with Crippen LogP contribution in [0.1, 0.15) is 54.8 Å². The molecule has 1 aliphatic heterocycles. The molecule has 0 bridgehead atoms. The van der Waals surface area contributed by atoms with Gasteiger partial charge < -0.3 is 14.1 Å². The third-order valence-corrected chi connectivity index (χ3v) is 5.52. The topological polar surface area (TPSA) is 95.5 Å². The van der Waals surface area contributed by atoms with Gasteiger partial charge in [-0.05, 0) is 51.3 Å². The van der Waals surface area contributed by atoms with E-state index in [0.29, 0.717) is 24.7 Å². The van der Waals surface area contributed by atoms with Crippen LogP contribution in [0.3, 0.4) is 0 Å². The van der Waals surface area contributed by atoms with Gasteiger partial charge in [-0.1, -0.05) is 17.7 Å². The normalized spacial score (nSPS) is 17.1. The Kier molecular flexibility index (Phi) is 7.29. The number of benzene rings is 1. The van der Waals surface area contributed by atoms with Crippen molar-refractivity contribution in [3.05, 3.63) is 46.2 Å². The number of carbonyl (C=O) groups excluding carboxylic acids is 1. The number of aromatic nitrogens is 2. The molecule has 166 valence electrons. The highest BCUT2D eigenvalue weighted by molar-refractivity contribution is 5.68. The van der Waals surface area contributed by atoms with Crippen molar-refractivity contribution in [1.82, 2.24) is 20.0 Å². The molecule has 0 N–H and O–H groups in total. The molecule has 0 saturated carbocycles. The highest BCUT2D eigenvalue weighted by atomic mass is 16.6. The lowest BCUT2D eigenvalue weighted by molar-refractivity contribution is 0.0349. The van der Waals surface area contributed by atoms with Gasteiger partial charge in [0.2, 0.25) is 11.8 Å². The zero-order valence-corrected chi connectivity index (χ0v) is 19.0. The van der Waals surface area contributed by atoms with Crippen LogP contribution in [0.4, 0.5) is 4.79 Å². The van der Waals surface area contributed by atoms with Crippen LogP contribution in [0.2, 0.25) is 0 Å². The first kappa shape index (κ1) is 22.8. The summed E-state index contributed by atoms with van der Waals surface area (Å²) in [5.41, 5.74) is 4.80. The Morgan fingerprint density at radius 3 is 2.65 bits per heavy atom. The molecule has 1 saturated heterocycles. The third-order valence-electron chi connectivity index (χ3n) is 5.52.